The van der Waals surface area contributed by atoms with Crippen molar-refractivity contribution >= 4 is 15.9 Å². The average molecular weight is 300 g/mol. The Morgan fingerprint density at radius 1 is 1.00 bits per heavy atom. The van der Waals surface area contributed by atoms with Crippen LogP contribution in [0.5, 0.6) is 0 Å². The minimum atomic E-state index is 0.748. The lowest BCUT2D eigenvalue weighted by atomic mass is 9.90. The molecule has 2 heteroatoms. The molecule has 0 aliphatic carbocycles. The van der Waals surface area contributed by atoms with Gasteiger partial charge in [0.15, 0.2) is 0 Å². The number of aryl methyl sites for hydroxylation is 1. The van der Waals surface area contributed by atoms with Crippen LogP contribution in [0.2, 0.25) is 0 Å². The van der Waals surface area contributed by atoms with E-state index >= 15 is 0 Å². The summed E-state index contributed by atoms with van der Waals surface area (Å²) in [5.41, 5.74) is 6.51. The summed E-state index contributed by atoms with van der Waals surface area (Å²) < 4.78 is 1.05. The Labute approximate surface area is 116 Å². The van der Waals surface area contributed by atoms with Gasteiger partial charge >= 0.3 is 0 Å². The Morgan fingerprint density at radius 3 is 2.17 bits per heavy atom. The predicted octanol–water partition coefficient (Wildman–Crippen LogP) is 4.91. The molecule has 0 atom stereocenters. The molecule has 0 heterocycles. The van der Waals surface area contributed by atoms with Gasteiger partial charge in [-0.3, -0.25) is 0 Å². The molecule has 2 aromatic carbocycles. The van der Waals surface area contributed by atoms with E-state index in [9.17, 15) is 5.26 Å². The summed E-state index contributed by atoms with van der Waals surface area (Å²) >= 11 is 3.43. The molecule has 0 unspecified atom stereocenters. The third kappa shape index (κ3) is 2.19. The molecule has 0 N–H and O–H groups in total. The van der Waals surface area contributed by atoms with E-state index in [1.165, 1.54) is 16.7 Å². The first-order chi connectivity index (χ1) is 8.54. The highest BCUT2D eigenvalue weighted by Gasteiger charge is 2.12. The van der Waals surface area contributed by atoms with E-state index < -0.39 is 0 Å². The van der Waals surface area contributed by atoms with Crippen molar-refractivity contribution in [1.29, 1.82) is 5.26 Å². The quantitative estimate of drug-likeness (QED) is 0.734. The smallest absolute Gasteiger partial charge is 0.0998 e. The van der Waals surface area contributed by atoms with Gasteiger partial charge in [0.25, 0.3) is 0 Å². The maximum Gasteiger partial charge on any atom is 0.0998 e. The van der Waals surface area contributed by atoms with Gasteiger partial charge in [0, 0.05) is 10.0 Å². The molecule has 18 heavy (non-hydrogen) atoms. The minimum absolute atomic E-state index is 0.748. The summed E-state index contributed by atoms with van der Waals surface area (Å²) in [7, 11) is 0. The highest BCUT2D eigenvalue weighted by Crippen LogP contribution is 2.31. The lowest BCUT2D eigenvalue weighted by molar-refractivity contribution is 1.25. The van der Waals surface area contributed by atoms with E-state index in [-0.39, 0.29) is 0 Å². The van der Waals surface area contributed by atoms with Gasteiger partial charge < -0.3 is 0 Å². The van der Waals surface area contributed by atoms with E-state index in [2.05, 4.69) is 42.8 Å². The number of hydrogen-bond acceptors (Lipinski definition) is 1. The summed E-state index contributed by atoms with van der Waals surface area (Å²) in [5.74, 6) is 0. The zero-order chi connectivity index (χ0) is 13.3. The van der Waals surface area contributed by atoms with Crippen molar-refractivity contribution in [2.24, 2.45) is 0 Å². The Balaban J connectivity index is 2.74. The van der Waals surface area contributed by atoms with Crippen LogP contribution in [0.15, 0.2) is 34.8 Å². The third-order valence-corrected chi connectivity index (χ3v) is 3.94. The van der Waals surface area contributed by atoms with Gasteiger partial charge in [0.1, 0.15) is 0 Å². The molecule has 90 valence electrons. The van der Waals surface area contributed by atoms with Crippen molar-refractivity contribution in [2.45, 2.75) is 20.8 Å². The lowest BCUT2D eigenvalue weighted by Crippen LogP contribution is -1.95. The Morgan fingerprint density at radius 2 is 1.61 bits per heavy atom. The molecule has 0 aliphatic rings. The molecule has 0 saturated heterocycles. The standard InChI is InChI=1S/C16H14BrN/c1-10-8-14(9-18)16(12(3)11(10)2)13-4-6-15(17)7-5-13/h4-8H,1-3H3. The van der Waals surface area contributed by atoms with Crippen LogP contribution in [0.1, 0.15) is 22.3 Å². The summed E-state index contributed by atoms with van der Waals surface area (Å²) in [6, 6.07) is 12.4. The topological polar surface area (TPSA) is 23.8 Å². The van der Waals surface area contributed by atoms with Crippen LogP contribution in [0.25, 0.3) is 11.1 Å². The molecular weight excluding hydrogens is 286 g/mol. The van der Waals surface area contributed by atoms with Crippen LogP contribution in [0.4, 0.5) is 0 Å². The lowest BCUT2D eigenvalue weighted by Gasteiger charge is -2.14. The molecule has 0 aliphatic heterocycles. The number of nitriles is 1. The second kappa shape index (κ2) is 4.96. The van der Waals surface area contributed by atoms with Crippen molar-refractivity contribution in [3.63, 3.8) is 0 Å². The normalized spacial score (nSPS) is 10.2. The molecule has 1 nitrogen and oxygen atoms in total. The maximum atomic E-state index is 9.31. The highest BCUT2D eigenvalue weighted by atomic mass is 79.9. The van der Waals surface area contributed by atoms with Gasteiger partial charge in [-0.2, -0.15) is 5.26 Å². The number of halogens is 1. The van der Waals surface area contributed by atoms with Gasteiger partial charge in [-0.1, -0.05) is 28.1 Å². The van der Waals surface area contributed by atoms with Crippen LogP contribution < -0.4 is 0 Å². The molecule has 2 rings (SSSR count). The first kappa shape index (κ1) is 12.9. The fraction of sp³-hybridized carbons (Fsp3) is 0.188. The average Bonchev–Trinajstić information content (AvgIpc) is 2.37. The summed E-state index contributed by atoms with van der Waals surface area (Å²) in [6.07, 6.45) is 0. The number of hydrogen-bond donors (Lipinski definition) is 0. The van der Waals surface area contributed by atoms with Crippen LogP contribution in [0.3, 0.4) is 0 Å². The third-order valence-electron chi connectivity index (χ3n) is 3.41. The van der Waals surface area contributed by atoms with Crippen molar-refractivity contribution in [1.82, 2.24) is 0 Å². The van der Waals surface area contributed by atoms with Crippen molar-refractivity contribution < 1.29 is 0 Å². The minimum Gasteiger partial charge on any atom is -0.192 e. The van der Waals surface area contributed by atoms with Gasteiger partial charge in [0.2, 0.25) is 0 Å². The second-order valence-electron chi connectivity index (χ2n) is 4.48. The Bertz CT molecular complexity index is 634. The predicted molar refractivity (Wildman–Crippen MR) is 78.5 cm³/mol. The maximum absolute atomic E-state index is 9.31. The zero-order valence-electron chi connectivity index (χ0n) is 10.7. The summed E-state index contributed by atoms with van der Waals surface area (Å²) in [5, 5.41) is 9.31. The van der Waals surface area contributed by atoms with E-state index in [4.69, 9.17) is 0 Å². The fourth-order valence-corrected chi connectivity index (χ4v) is 2.42. The second-order valence-corrected chi connectivity index (χ2v) is 5.40. The molecular formula is C16H14BrN. The molecule has 0 saturated carbocycles. The molecule has 2 aromatic rings. The van der Waals surface area contributed by atoms with Gasteiger partial charge in [-0.15, -0.1) is 0 Å². The summed E-state index contributed by atoms with van der Waals surface area (Å²) in [4.78, 5) is 0. The SMILES string of the molecule is Cc1cc(C#N)c(-c2ccc(Br)cc2)c(C)c1C. The first-order valence-electron chi connectivity index (χ1n) is 5.81. The molecule has 0 bridgehead atoms. The van der Waals surface area contributed by atoms with E-state index in [1.54, 1.807) is 0 Å². The van der Waals surface area contributed by atoms with Crippen molar-refractivity contribution in [3.05, 3.63) is 57.1 Å². The van der Waals surface area contributed by atoms with E-state index in [0.29, 0.717) is 0 Å². The van der Waals surface area contributed by atoms with Crippen LogP contribution in [-0.4, -0.2) is 0 Å². The van der Waals surface area contributed by atoms with E-state index in [0.717, 1.165) is 21.2 Å². The monoisotopic (exact) mass is 299 g/mol. The first-order valence-corrected chi connectivity index (χ1v) is 6.60. The van der Waals surface area contributed by atoms with Crippen LogP contribution in [0, 0.1) is 32.1 Å². The molecule has 0 fully saturated rings. The number of benzene rings is 2. The van der Waals surface area contributed by atoms with Crippen molar-refractivity contribution in [3.8, 4) is 17.2 Å². The Kier molecular flexibility index (Phi) is 3.54. The number of nitrogens with zero attached hydrogens (tertiary/aromatic N) is 1. The molecule has 0 radical (unpaired) electrons. The fourth-order valence-electron chi connectivity index (χ4n) is 2.16. The largest absolute Gasteiger partial charge is 0.192 e. The molecule has 0 amide bonds. The molecule has 0 spiro atoms. The summed E-state index contributed by atoms with van der Waals surface area (Å²) in [6.45, 7) is 6.24. The molecule has 0 aromatic heterocycles. The van der Waals surface area contributed by atoms with E-state index in [1.807, 2.05) is 30.3 Å². The van der Waals surface area contributed by atoms with Crippen LogP contribution in [-0.2, 0) is 0 Å². The zero-order valence-corrected chi connectivity index (χ0v) is 12.3. The highest BCUT2D eigenvalue weighted by molar-refractivity contribution is 9.10. The van der Waals surface area contributed by atoms with Gasteiger partial charge in [-0.05, 0) is 61.2 Å². The van der Waals surface area contributed by atoms with Crippen molar-refractivity contribution in [2.75, 3.05) is 0 Å². The Hall–Kier alpha value is -1.59. The van der Waals surface area contributed by atoms with Crippen LogP contribution >= 0.6 is 15.9 Å². The van der Waals surface area contributed by atoms with Gasteiger partial charge in [-0.25, -0.2) is 0 Å². The number of rotatable bonds is 1. The van der Waals surface area contributed by atoms with Gasteiger partial charge in [0.05, 0.1) is 11.6 Å².